The van der Waals surface area contributed by atoms with Crippen molar-refractivity contribution in [2.45, 2.75) is 19.9 Å². The van der Waals surface area contributed by atoms with Gasteiger partial charge in [-0.2, -0.15) is 0 Å². The molecule has 0 saturated carbocycles. The zero-order valence-corrected chi connectivity index (χ0v) is 10.6. The predicted molar refractivity (Wildman–Crippen MR) is 65.2 cm³/mol. The Bertz CT molecular complexity index is 254. The van der Waals surface area contributed by atoms with Gasteiger partial charge in [-0.15, -0.1) is 11.8 Å². The smallest absolute Gasteiger partial charge is 0.241 e. The number of carbonyl (C=O) groups is 2. The fraction of sp³-hybridized carbons (Fsp3) is 0.800. The van der Waals surface area contributed by atoms with Gasteiger partial charge in [-0.05, 0) is 13.8 Å². The SMILES string of the molecule is CCNC(=O)CN(CC)C(=O)C1CSCN1. The number of rotatable bonds is 5. The third-order valence-corrected chi connectivity index (χ3v) is 3.36. The molecule has 0 aliphatic carbocycles. The van der Waals surface area contributed by atoms with E-state index in [0.717, 1.165) is 11.6 Å². The first-order chi connectivity index (χ1) is 7.69. The molecule has 0 spiro atoms. The minimum atomic E-state index is -0.126. The molecule has 92 valence electrons. The summed E-state index contributed by atoms with van der Waals surface area (Å²) in [6.07, 6.45) is 0. The first-order valence-corrected chi connectivity index (χ1v) is 6.71. The van der Waals surface area contributed by atoms with Crippen LogP contribution < -0.4 is 10.6 Å². The van der Waals surface area contributed by atoms with Crippen LogP contribution in [0.1, 0.15) is 13.8 Å². The highest BCUT2D eigenvalue weighted by molar-refractivity contribution is 7.99. The summed E-state index contributed by atoms with van der Waals surface area (Å²) in [6, 6.07) is -0.126. The Labute approximate surface area is 100 Å². The lowest BCUT2D eigenvalue weighted by atomic mass is 10.3. The maximum absolute atomic E-state index is 12.0. The van der Waals surface area contributed by atoms with Crippen LogP contribution in [0.2, 0.25) is 0 Å². The van der Waals surface area contributed by atoms with Gasteiger partial charge in [0.25, 0.3) is 0 Å². The first kappa shape index (κ1) is 13.3. The van der Waals surface area contributed by atoms with Crippen LogP contribution in [0.3, 0.4) is 0 Å². The maximum Gasteiger partial charge on any atom is 0.241 e. The Morgan fingerprint density at radius 2 is 2.25 bits per heavy atom. The van der Waals surface area contributed by atoms with Crippen LogP contribution in [-0.2, 0) is 9.59 Å². The van der Waals surface area contributed by atoms with Crippen LogP contribution >= 0.6 is 11.8 Å². The number of hydrogen-bond donors (Lipinski definition) is 2. The summed E-state index contributed by atoms with van der Waals surface area (Å²) in [5.74, 6) is 1.54. The molecule has 1 rings (SSSR count). The van der Waals surface area contributed by atoms with Gasteiger partial charge in [0.15, 0.2) is 0 Å². The highest BCUT2D eigenvalue weighted by atomic mass is 32.2. The molecule has 16 heavy (non-hydrogen) atoms. The Hall–Kier alpha value is -0.750. The van der Waals surface area contributed by atoms with Crippen molar-refractivity contribution in [2.24, 2.45) is 0 Å². The molecule has 1 saturated heterocycles. The summed E-state index contributed by atoms with van der Waals surface area (Å²) in [5.41, 5.74) is 0. The van der Waals surface area contributed by atoms with Gasteiger partial charge in [-0.3, -0.25) is 14.9 Å². The van der Waals surface area contributed by atoms with Gasteiger partial charge in [0.2, 0.25) is 11.8 Å². The largest absolute Gasteiger partial charge is 0.355 e. The van der Waals surface area contributed by atoms with Gasteiger partial charge < -0.3 is 10.2 Å². The normalized spacial score (nSPS) is 19.5. The molecule has 0 aromatic rings. The minimum absolute atomic E-state index is 0.0266. The summed E-state index contributed by atoms with van der Waals surface area (Å²) < 4.78 is 0. The molecule has 2 amide bonds. The van der Waals surface area contributed by atoms with Gasteiger partial charge in [0.1, 0.15) is 0 Å². The van der Waals surface area contributed by atoms with E-state index in [2.05, 4.69) is 10.6 Å². The van der Waals surface area contributed by atoms with Crippen molar-refractivity contribution in [3.05, 3.63) is 0 Å². The summed E-state index contributed by atoms with van der Waals surface area (Å²) in [7, 11) is 0. The molecule has 1 atom stereocenters. The molecular weight excluding hydrogens is 226 g/mol. The van der Waals surface area contributed by atoms with E-state index in [1.165, 1.54) is 0 Å². The van der Waals surface area contributed by atoms with Crippen LogP contribution in [0.4, 0.5) is 0 Å². The molecule has 1 aliphatic rings. The van der Waals surface area contributed by atoms with Crippen molar-refractivity contribution in [2.75, 3.05) is 31.3 Å². The van der Waals surface area contributed by atoms with Gasteiger partial charge in [0, 0.05) is 24.7 Å². The van der Waals surface area contributed by atoms with Crippen LogP contribution in [0.15, 0.2) is 0 Å². The number of hydrogen-bond acceptors (Lipinski definition) is 4. The lowest BCUT2D eigenvalue weighted by molar-refractivity contribution is -0.136. The second-order valence-electron chi connectivity index (χ2n) is 3.58. The van der Waals surface area contributed by atoms with Crippen molar-refractivity contribution in [1.82, 2.24) is 15.5 Å². The Balaban J connectivity index is 2.45. The fourth-order valence-corrected chi connectivity index (χ4v) is 2.48. The topological polar surface area (TPSA) is 61.4 Å². The highest BCUT2D eigenvalue weighted by Gasteiger charge is 2.27. The Morgan fingerprint density at radius 1 is 1.50 bits per heavy atom. The summed E-state index contributed by atoms with van der Waals surface area (Å²) in [5, 5.41) is 5.81. The summed E-state index contributed by atoms with van der Waals surface area (Å²) >= 11 is 1.71. The van der Waals surface area contributed by atoms with E-state index in [1.807, 2.05) is 13.8 Å². The number of thioether (sulfide) groups is 1. The zero-order chi connectivity index (χ0) is 12.0. The summed E-state index contributed by atoms with van der Waals surface area (Å²) in [6.45, 7) is 5.08. The molecule has 0 bridgehead atoms. The standard InChI is InChI=1S/C10H19N3O2S/c1-3-11-9(14)5-13(4-2)10(15)8-6-16-7-12-8/h8,12H,3-7H2,1-2H3,(H,11,14). The van der Waals surface area contributed by atoms with Crippen LogP contribution in [0, 0.1) is 0 Å². The third kappa shape index (κ3) is 3.68. The maximum atomic E-state index is 12.0. The molecule has 0 aromatic heterocycles. The second-order valence-corrected chi connectivity index (χ2v) is 4.61. The molecule has 1 fully saturated rings. The monoisotopic (exact) mass is 245 g/mol. The molecule has 1 unspecified atom stereocenters. The molecule has 5 nitrogen and oxygen atoms in total. The Morgan fingerprint density at radius 3 is 2.75 bits per heavy atom. The van der Waals surface area contributed by atoms with Crippen LogP contribution in [0.25, 0.3) is 0 Å². The first-order valence-electron chi connectivity index (χ1n) is 5.55. The van der Waals surface area contributed by atoms with Crippen molar-refractivity contribution in [1.29, 1.82) is 0 Å². The lowest BCUT2D eigenvalue weighted by Gasteiger charge is -2.23. The van der Waals surface area contributed by atoms with E-state index >= 15 is 0 Å². The van der Waals surface area contributed by atoms with E-state index in [9.17, 15) is 9.59 Å². The second kappa shape index (κ2) is 6.75. The van der Waals surface area contributed by atoms with Gasteiger partial charge in [-0.1, -0.05) is 0 Å². The van der Waals surface area contributed by atoms with Crippen LogP contribution in [-0.4, -0.2) is 54.0 Å². The molecule has 0 radical (unpaired) electrons. The lowest BCUT2D eigenvalue weighted by Crippen LogP contribution is -2.48. The fourth-order valence-electron chi connectivity index (χ4n) is 1.55. The van der Waals surface area contributed by atoms with Gasteiger partial charge in [0.05, 0.1) is 12.6 Å². The average Bonchev–Trinajstić information content (AvgIpc) is 2.78. The number of carbonyl (C=O) groups excluding carboxylic acids is 2. The molecule has 1 heterocycles. The highest BCUT2D eigenvalue weighted by Crippen LogP contribution is 2.11. The molecule has 2 N–H and O–H groups in total. The average molecular weight is 245 g/mol. The van der Waals surface area contributed by atoms with E-state index in [4.69, 9.17) is 0 Å². The number of amides is 2. The van der Waals surface area contributed by atoms with Crippen molar-refractivity contribution in [3.63, 3.8) is 0 Å². The van der Waals surface area contributed by atoms with Crippen molar-refractivity contribution in [3.8, 4) is 0 Å². The number of nitrogens with zero attached hydrogens (tertiary/aromatic N) is 1. The molecule has 1 aliphatic heterocycles. The third-order valence-electron chi connectivity index (χ3n) is 2.42. The van der Waals surface area contributed by atoms with Gasteiger partial charge >= 0.3 is 0 Å². The number of likely N-dealkylation sites (N-methyl/N-ethyl adjacent to an activating group) is 2. The predicted octanol–water partition coefficient (Wildman–Crippen LogP) is -0.366. The minimum Gasteiger partial charge on any atom is -0.355 e. The van der Waals surface area contributed by atoms with Crippen LogP contribution in [0.5, 0.6) is 0 Å². The zero-order valence-electron chi connectivity index (χ0n) is 9.78. The van der Waals surface area contributed by atoms with E-state index in [1.54, 1.807) is 16.7 Å². The summed E-state index contributed by atoms with van der Waals surface area (Å²) in [4.78, 5) is 25.0. The van der Waals surface area contributed by atoms with Crippen molar-refractivity contribution < 1.29 is 9.59 Å². The van der Waals surface area contributed by atoms with E-state index in [-0.39, 0.29) is 24.4 Å². The molecule has 0 aromatic carbocycles. The molecular formula is C10H19N3O2S. The quantitative estimate of drug-likeness (QED) is 0.694. The van der Waals surface area contributed by atoms with E-state index in [0.29, 0.717) is 13.1 Å². The molecule has 6 heteroatoms. The van der Waals surface area contributed by atoms with Crippen molar-refractivity contribution >= 4 is 23.6 Å². The Kier molecular flexibility index (Phi) is 5.62. The van der Waals surface area contributed by atoms with Gasteiger partial charge in [-0.25, -0.2) is 0 Å². The van der Waals surface area contributed by atoms with E-state index < -0.39 is 0 Å². The number of nitrogens with one attached hydrogen (secondary N) is 2.